The number of carbonyl (C=O) groups is 1. The Morgan fingerprint density at radius 3 is 2.57 bits per heavy atom. The molecule has 8 nitrogen and oxygen atoms in total. The molecule has 1 aliphatic heterocycles. The van der Waals surface area contributed by atoms with Gasteiger partial charge in [-0.2, -0.15) is 0 Å². The normalized spacial score (nSPS) is 19.5. The van der Waals surface area contributed by atoms with Gasteiger partial charge >= 0.3 is 0 Å². The lowest BCUT2D eigenvalue weighted by molar-refractivity contribution is 0.0341. The molecule has 2 aromatic carbocycles. The predicted octanol–water partition coefficient (Wildman–Crippen LogP) is 3.72. The van der Waals surface area contributed by atoms with Crippen LogP contribution in [0.15, 0.2) is 36.4 Å². The first-order valence-electron chi connectivity index (χ1n) is 11.2. The Bertz CT molecular complexity index is 1180. The number of fused-ring (bicyclic) bond motifs is 1. The minimum atomic E-state index is -3.52. The second-order valence-corrected chi connectivity index (χ2v) is 11.7. The zero-order chi connectivity index (χ0) is 25.9. The minimum Gasteiger partial charge on any atom is -0.488 e. The first-order chi connectivity index (χ1) is 16.4. The molecule has 2 aromatic rings. The SMILES string of the molecule is C[C@H](CO)N1C[C@H](C)[C@@H](CN(C)Cc2ccc(Cl)c(Cl)c2)Oc2ccc(NS(C)(=O)=O)cc2C1=O. The highest BCUT2D eigenvalue weighted by atomic mass is 35.5. The Balaban J connectivity index is 1.90. The molecular weight excluding hydrogens is 513 g/mol. The second-order valence-electron chi connectivity index (χ2n) is 9.15. The van der Waals surface area contributed by atoms with Crippen molar-refractivity contribution in [2.24, 2.45) is 5.92 Å². The number of ether oxygens (including phenoxy) is 1. The molecule has 0 bridgehead atoms. The van der Waals surface area contributed by atoms with E-state index in [0.717, 1.165) is 11.8 Å². The summed E-state index contributed by atoms with van der Waals surface area (Å²) in [6.07, 6.45) is 0.764. The van der Waals surface area contributed by atoms with E-state index in [2.05, 4.69) is 9.62 Å². The molecule has 0 aromatic heterocycles. The lowest BCUT2D eigenvalue weighted by Gasteiger charge is -2.38. The fourth-order valence-corrected chi connectivity index (χ4v) is 4.92. The van der Waals surface area contributed by atoms with Gasteiger partial charge in [-0.05, 0) is 49.9 Å². The Kier molecular flexibility index (Phi) is 8.93. The Labute approximate surface area is 216 Å². The fourth-order valence-electron chi connectivity index (χ4n) is 4.04. The van der Waals surface area contributed by atoms with Crippen molar-refractivity contribution in [2.45, 2.75) is 32.5 Å². The maximum atomic E-state index is 13.4. The predicted molar refractivity (Wildman–Crippen MR) is 139 cm³/mol. The molecule has 192 valence electrons. The van der Waals surface area contributed by atoms with Gasteiger partial charge in [0.05, 0.1) is 34.5 Å². The van der Waals surface area contributed by atoms with E-state index in [9.17, 15) is 18.3 Å². The number of rotatable bonds is 8. The maximum absolute atomic E-state index is 13.4. The smallest absolute Gasteiger partial charge is 0.258 e. The summed E-state index contributed by atoms with van der Waals surface area (Å²) in [4.78, 5) is 17.1. The number of amides is 1. The third kappa shape index (κ3) is 7.24. The number of aliphatic hydroxyl groups is 1. The van der Waals surface area contributed by atoms with E-state index in [0.29, 0.717) is 35.4 Å². The number of nitrogens with zero attached hydrogens (tertiary/aromatic N) is 2. The van der Waals surface area contributed by atoms with Crippen molar-refractivity contribution in [1.82, 2.24) is 9.80 Å². The fraction of sp³-hybridized carbons (Fsp3) is 0.458. The monoisotopic (exact) mass is 543 g/mol. The summed E-state index contributed by atoms with van der Waals surface area (Å²) in [5.74, 6) is -0.0111. The van der Waals surface area contributed by atoms with Crippen LogP contribution >= 0.6 is 23.2 Å². The van der Waals surface area contributed by atoms with E-state index in [1.807, 2.05) is 26.1 Å². The Hall–Kier alpha value is -2.04. The third-order valence-electron chi connectivity index (χ3n) is 5.90. The quantitative estimate of drug-likeness (QED) is 0.526. The highest BCUT2D eigenvalue weighted by molar-refractivity contribution is 7.92. The summed E-state index contributed by atoms with van der Waals surface area (Å²) < 4.78 is 32.2. The van der Waals surface area contributed by atoms with Gasteiger partial charge in [-0.25, -0.2) is 8.42 Å². The number of hydrogen-bond donors (Lipinski definition) is 2. The van der Waals surface area contributed by atoms with Gasteiger partial charge in [-0.3, -0.25) is 14.4 Å². The molecule has 0 aliphatic carbocycles. The molecule has 11 heteroatoms. The molecule has 0 fully saturated rings. The zero-order valence-corrected chi connectivity index (χ0v) is 22.5. The summed E-state index contributed by atoms with van der Waals surface area (Å²) in [6, 6.07) is 9.74. The van der Waals surface area contributed by atoms with E-state index in [1.165, 1.54) is 6.07 Å². The van der Waals surface area contributed by atoms with Crippen molar-refractivity contribution in [3.8, 4) is 5.75 Å². The number of halogens is 2. The molecule has 0 spiro atoms. The topological polar surface area (TPSA) is 99.2 Å². The van der Waals surface area contributed by atoms with Gasteiger partial charge in [0.25, 0.3) is 5.91 Å². The van der Waals surface area contributed by atoms with Crippen molar-refractivity contribution in [3.05, 3.63) is 57.6 Å². The highest BCUT2D eigenvalue weighted by Gasteiger charge is 2.33. The van der Waals surface area contributed by atoms with Crippen LogP contribution in [0.3, 0.4) is 0 Å². The molecule has 0 saturated carbocycles. The van der Waals surface area contributed by atoms with Crippen LogP contribution in [0.2, 0.25) is 10.0 Å². The first-order valence-corrected chi connectivity index (χ1v) is 13.9. The molecule has 0 radical (unpaired) electrons. The lowest BCUT2D eigenvalue weighted by Crippen LogP contribution is -2.49. The number of likely N-dealkylation sites (N-methyl/N-ethyl adjacent to an activating group) is 1. The Morgan fingerprint density at radius 2 is 1.94 bits per heavy atom. The molecule has 1 aliphatic rings. The minimum absolute atomic E-state index is 0.0498. The third-order valence-corrected chi connectivity index (χ3v) is 7.24. The summed E-state index contributed by atoms with van der Waals surface area (Å²) >= 11 is 12.2. The molecule has 0 saturated heterocycles. The molecule has 3 atom stereocenters. The van der Waals surface area contributed by atoms with Crippen LogP contribution in [0.5, 0.6) is 5.75 Å². The van der Waals surface area contributed by atoms with Gasteiger partial charge in [0.1, 0.15) is 11.9 Å². The number of benzene rings is 2. The first kappa shape index (κ1) is 27.5. The van der Waals surface area contributed by atoms with Crippen LogP contribution in [0, 0.1) is 5.92 Å². The van der Waals surface area contributed by atoms with E-state index >= 15 is 0 Å². The number of aliphatic hydroxyl groups excluding tert-OH is 1. The van der Waals surface area contributed by atoms with Gasteiger partial charge in [-0.1, -0.05) is 36.2 Å². The number of sulfonamides is 1. The molecule has 1 amide bonds. The number of anilines is 1. The van der Waals surface area contributed by atoms with E-state index in [-0.39, 0.29) is 35.8 Å². The van der Waals surface area contributed by atoms with Gasteiger partial charge < -0.3 is 14.7 Å². The van der Waals surface area contributed by atoms with E-state index < -0.39 is 16.1 Å². The van der Waals surface area contributed by atoms with Crippen LogP contribution in [-0.4, -0.2) is 74.4 Å². The Morgan fingerprint density at radius 1 is 1.23 bits per heavy atom. The van der Waals surface area contributed by atoms with E-state index in [4.69, 9.17) is 27.9 Å². The largest absolute Gasteiger partial charge is 0.488 e. The molecule has 2 N–H and O–H groups in total. The van der Waals surface area contributed by atoms with Crippen LogP contribution in [0.25, 0.3) is 0 Å². The van der Waals surface area contributed by atoms with E-state index in [1.54, 1.807) is 30.0 Å². The summed E-state index contributed by atoms with van der Waals surface area (Å²) in [5.41, 5.74) is 1.51. The number of nitrogens with one attached hydrogen (secondary N) is 1. The zero-order valence-electron chi connectivity index (χ0n) is 20.2. The average Bonchev–Trinajstić information content (AvgIpc) is 2.77. The number of hydrogen-bond acceptors (Lipinski definition) is 6. The number of carbonyl (C=O) groups excluding carboxylic acids is 1. The van der Waals surface area contributed by atoms with Gasteiger partial charge in [-0.15, -0.1) is 0 Å². The standard InChI is InChI=1S/C24H31Cl2N3O5S/c1-15-11-29(16(2)14-30)24(31)19-10-18(27-35(4,32)33)6-8-22(19)34-23(15)13-28(3)12-17-5-7-20(25)21(26)9-17/h5-10,15-16,23,27,30H,11-14H2,1-4H3/t15-,16+,23+/m0/s1. The summed E-state index contributed by atoms with van der Waals surface area (Å²) in [5, 5.41) is 10.8. The molecule has 3 rings (SSSR count). The van der Waals surface area contributed by atoms with Crippen LogP contribution in [-0.2, 0) is 16.6 Å². The highest BCUT2D eigenvalue weighted by Crippen LogP contribution is 2.31. The molecular formula is C24H31Cl2N3O5S. The average molecular weight is 545 g/mol. The van der Waals surface area contributed by atoms with Crippen LogP contribution < -0.4 is 9.46 Å². The lowest BCUT2D eigenvalue weighted by atomic mass is 9.99. The summed E-state index contributed by atoms with van der Waals surface area (Å²) in [7, 11) is -1.55. The van der Waals surface area contributed by atoms with Gasteiger partial charge in [0, 0.05) is 31.2 Å². The van der Waals surface area contributed by atoms with Crippen LogP contribution in [0.4, 0.5) is 5.69 Å². The maximum Gasteiger partial charge on any atom is 0.258 e. The molecule has 35 heavy (non-hydrogen) atoms. The van der Waals surface area contributed by atoms with Crippen molar-refractivity contribution >= 4 is 44.8 Å². The van der Waals surface area contributed by atoms with Crippen molar-refractivity contribution in [3.63, 3.8) is 0 Å². The second kappa shape index (κ2) is 11.3. The van der Waals surface area contributed by atoms with Gasteiger partial charge in [0.2, 0.25) is 10.0 Å². The van der Waals surface area contributed by atoms with Gasteiger partial charge in [0.15, 0.2) is 0 Å². The molecule has 1 heterocycles. The van der Waals surface area contributed by atoms with Crippen molar-refractivity contribution < 1.29 is 23.1 Å². The summed E-state index contributed by atoms with van der Waals surface area (Å²) in [6.45, 7) is 5.12. The van der Waals surface area contributed by atoms with Crippen molar-refractivity contribution in [1.29, 1.82) is 0 Å². The molecule has 0 unspecified atom stereocenters. The van der Waals surface area contributed by atoms with Crippen molar-refractivity contribution in [2.75, 3.05) is 37.7 Å². The van der Waals surface area contributed by atoms with Crippen LogP contribution in [0.1, 0.15) is 29.8 Å².